The number of amides is 1. The van der Waals surface area contributed by atoms with Gasteiger partial charge in [0.2, 0.25) is 0 Å². The Hall–Kier alpha value is -1.91. The molecule has 5 nitrogen and oxygen atoms in total. The van der Waals surface area contributed by atoms with Gasteiger partial charge in [-0.3, -0.25) is 14.7 Å². The van der Waals surface area contributed by atoms with Crippen molar-refractivity contribution in [3.05, 3.63) is 27.1 Å². The predicted octanol–water partition coefficient (Wildman–Crippen LogP) is 6.41. The molecule has 33 heavy (non-hydrogen) atoms. The highest BCUT2D eigenvalue weighted by Crippen LogP contribution is 2.41. The summed E-state index contributed by atoms with van der Waals surface area (Å²) in [4.78, 5) is 21.4. The van der Waals surface area contributed by atoms with Crippen molar-refractivity contribution in [1.82, 2.24) is 4.90 Å². The number of halogens is 1. The van der Waals surface area contributed by atoms with Crippen LogP contribution in [-0.4, -0.2) is 41.8 Å². The summed E-state index contributed by atoms with van der Waals surface area (Å²) in [6.45, 7) is 0.162. The second-order valence-electron chi connectivity index (χ2n) is 8.80. The number of rotatable bonds is 6. The third-order valence-corrected chi connectivity index (χ3v) is 8.21. The van der Waals surface area contributed by atoms with E-state index in [1.165, 1.54) is 50.3 Å². The zero-order chi connectivity index (χ0) is 23.2. The van der Waals surface area contributed by atoms with Crippen LogP contribution in [0.1, 0.15) is 69.8 Å². The van der Waals surface area contributed by atoms with Gasteiger partial charge in [-0.25, -0.2) is 0 Å². The highest BCUT2D eigenvalue weighted by Gasteiger charge is 2.39. The fourth-order valence-electron chi connectivity index (χ4n) is 4.80. The Labute approximate surface area is 209 Å². The Morgan fingerprint density at radius 1 is 1.15 bits per heavy atom. The van der Waals surface area contributed by atoms with E-state index >= 15 is 0 Å². The van der Waals surface area contributed by atoms with Crippen LogP contribution in [0.3, 0.4) is 0 Å². The topological polar surface area (TPSA) is 51.1 Å². The van der Waals surface area contributed by atoms with Crippen molar-refractivity contribution in [2.45, 2.75) is 76.3 Å². The second kappa shape index (κ2) is 11.5. The first-order valence-corrected chi connectivity index (χ1v) is 13.5. The Bertz CT molecular complexity index is 972. The normalized spacial score (nSPS) is 22.7. The predicted molar refractivity (Wildman–Crippen MR) is 139 cm³/mol. The van der Waals surface area contributed by atoms with Crippen molar-refractivity contribution in [1.29, 1.82) is 0 Å². The molecule has 176 valence electrons. The molecular weight excluding hydrogens is 500 g/mol. The highest BCUT2D eigenvalue weighted by molar-refractivity contribution is 9.10. The number of thioether (sulfide) groups is 1. The van der Waals surface area contributed by atoms with Crippen molar-refractivity contribution in [3.8, 4) is 23.8 Å². The van der Waals surface area contributed by atoms with Crippen LogP contribution in [0, 0.1) is 12.3 Å². The summed E-state index contributed by atoms with van der Waals surface area (Å²) in [5.74, 6) is 3.69. The van der Waals surface area contributed by atoms with Gasteiger partial charge in [0.15, 0.2) is 16.7 Å². The lowest BCUT2D eigenvalue weighted by molar-refractivity contribution is -0.124. The molecular formula is C26H31BrN2O3S. The van der Waals surface area contributed by atoms with Crippen molar-refractivity contribution >= 4 is 44.8 Å². The average Bonchev–Trinajstić information content (AvgIpc) is 3.14. The zero-order valence-electron chi connectivity index (χ0n) is 19.1. The van der Waals surface area contributed by atoms with Gasteiger partial charge in [0.1, 0.15) is 6.61 Å². The van der Waals surface area contributed by atoms with E-state index in [4.69, 9.17) is 20.9 Å². The molecule has 0 aromatic heterocycles. The molecule has 0 atom stereocenters. The maximum absolute atomic E-state index is 13.6. The van der Waals surface area contributed by atoms with Gasteiger partial charge in [-0.1, -0.05) is 60.4 Å². The van der Waals surface area contributed by atoms with E-state index < -0.39 is 0 Å². The van der Waals surface area contributed by atoms with Crippen LogP contribution in [-0.2, 0) is 4.79 Å². The van der Waals surface area contributed by atoms with Crippen molar-refractivity contribution < 1.29 is 14.3 Å². The van der Waals surface area contributed by atoms with Crippen molar-refractivity contribution in [3.63, 3.8) is 0 Å². The van der Waals surface area contributed by atoms with Gasteiger partial charge in [0, 0.05) is 10.5 Å². The summed E-state index contributed by atoms with van der Waals surface area (Å²) in [6.07, 6.45) is 19.0. The van der Waals surface area contributed by atoms with E-state index in [2.05, 4.69) is 21.9 Å². The summed E-state index contributed by atoms with van der Waals surface area (Å²) in [5.41, 5.74) is 0.860. The molecule has 0 N–H and O–H groups in total. The first-order valence-electron chi connectivity index (χ1n) is 11.9. The number of amidine groups is 1. The number of methoxy groups -OCH3 is 1. The molecule has 0 radical (unpaired) electrons. The summed E-state index contributed by atoms with van der Waals surface area (Å²) in [5, 5.41) is 0.891. The van der Waals surface area contributed by atoms with E-state index in [1.54, 1.807) is 7.11 Å². The number of hydrogen-bond donors (Lipinski definition) is 0. The first-order chi connectivity index (χ1) is 16.1. The standard InChI is InChI=1S/C26H31BrN2O3S/c1-3-14-32-23-17-21(27)18(15-22(23)31-2)16-24-25(30)29(20-12-8-5-9-13-20)26(33-24)28-19-10-6-4-7-11-19/h1,15-17,19-20H,4-14H2,2H3. The van der Waals surface area contributed by atoms with Crippen LogP contribution in [0.15, 0.2) is 26.5 Å². The Kier molecular flexibility index (Phi) is 8.43. The SMILES string of the molecule is C#CCOc1cc(Br)c(C=C2SC(=NC3CCCCC3)N(C3CCCCC3)C2=O)cc1OC. The third-order valence-electron chi connectivity index (χ3n) is 6.53. The minimum Gasteiger partial charge on any atom is -0.493 e. The van der Waals surface area contributed by atoms with Gasteiger partial charge in [-0.2, -0.15) is 0 Å². The lowest BCUT2D eigenvalue weighted by atomic mass is 9.94. The van der Waals surface area contributed by atoms with Gasteiger partial charge < -0.3 is 9.47 Å². The molecule has 3 aliphatic rings. The van der Waals surface area contributed by atoms with Crippen LogP contribution < -0.4 is 9.47 Å². The number of terminal acetylenes is 1. The van der Waals surface area contributed by atoms with E-state index in [0.717, 1.165) is 40.9 Å². The molecule has 1 heterocycles. The lowest BCUT2D eigenvalue weighted by Crippen LogP contribution is -2.41. The molecule has 3 fully saturated rings. The lowest BCUT2D eigenvalue weighted by Gasteiger charge is -2.31. The smallest absolute Gasteiger partial charge is 0.267 e. The van der Waals surface area contributed by atoms with E-state index in [0.29, 0.717) is 22.4 Å². The second-order valence-corrected chi connectivity index (χ2v) is 10.7. The molecule has 0 spiro atoms. The molecule has 4 rings (SSSR count). The maximum Gasteiger partial charge on any atom is 0.267 e. The monoisotopic (exact) mass is 530 g/mol. The molecule has 1 aromatic carbocycles. The fraction of sp³-hybridized carbons (Fsp3) is 0.538. The van der Waals surface area contributed by atoms with E-state index in [9.17, 15) is 4.79 Å². The van der Waals surface area contributed by atoms with Gasteiger partial charge in [-0.05, 0) is 61.2 Å². The Morgan fingerprint density at radius 3 is 2.52 bits per heavy atom. The number of nitrogens with zero attached hydrogens (tertiary/aromatic N) is 2. The number of hydrogen-bond acceptors (Lipinski definition) is 5. The largest absolute Gasteiger partial charge is 0.493 e. The zero-order valence-corrected chi connectivity index (χ0v) is 21.6. The Balaban J connectivity index is 1.65. The average molecular weight is 532 g/mol. The van der Waals surface area contributed by atoms with Crippen LogP contribution >= 0.6 is 27.7 Å². The first kappa shape index (κ1) is 24.2. The minimum absolute atomic E-state index is 0.0694. The molecule has 1 amide bonds. The van der Waals surface area contributed by atoms with Gasteiger partial charge >= 0.3 is 0 Å². The van der Waals surface area contributed by atoms with Crippen molar-refractivity contribution in [2.75, 3.05) is 13.7 Å². The maximum atomic E-state index is 13.6. The molecule has 1 aromatic rings. The molecule has 1 saturated heterocycles. The highest BCUT2D eigenvalue weighted by atomic mass is 79.9. The van der Waals surface area contributed by atoms with Crippen LogP contribution in [0.4, 0.5) is 0 Å². The molecule has 0 bridgehead atoms. The minimum atomic E-state index is 0.0694. The quantitative estimate of drug-likeness (QED) is 0.315. The third kappa shape index (κ3) is 5.78. The Morgan fingerprint density at radius 2 is 1.85 bits per heavy atom. The van der Waals surface area contributed by atoms with Gasteiger partial charge in [0.25, 0.3) is 5.91 Å². The summed E-state index contributed by atoms with van der Waals surface area (Å²) < 4.78 is 11.9. The number of carbonyl (C=O) groups is 1. The number of benzene rings is 1. The summed E-state index contributed by atoms with van der Waals surface area (Å²) >= 11 is 5.14. The number of ether oxygens (including phenoxy) is 2. The van der Waals surface area contributed by atoms with Crippen LogP contribution in [0.2, 0.25) is 0 Å². The van der Waals surface area contributed by atoms with Crippen LogP contribution in [0.5, 0.6) is 11.5 Å². The summed E-state index contributed by atoms with van der Waals surface area (Å²) in [6, 6.07) is 4.30. The molecule has 7 heteroatoms. The number of carbonyl (C=O) groups excluding carboxylic acids is 1. The molecule has 2 aliphatic carbocycles. The molecule has 2 saturated carbocycles. The van der Waals surface area contributed by atoms with Gasteiger partial charge in [0.05, 0.1) is 18.1 Å². The molecule has 1 aliphatic heterocycles. The molecule has 0 unspecified atom stereocenters. The number of aliphatic imine (C=N–C) groups is 1. The summed E-state index contributed by atoms with van der Waals surface area (Å²) in [7, 11) is 1.60. The van der Waals surface area contributed by atoms with Crippen molar-refractivity contribution in [2.24, 2.45) is 4.99 Å². The fourth-order valence-corrected chi connectivity index (χ4v) is 6.34. The van der Waals surface area contributed by atoms with E-state index in [1.807, 2.05) is 23.1 Å². The van der Waals surface area contributed by atoms with Crippen LogP contribution in [0.25, 0.3) is 6.08 Å². The van der Waals surface area contributed by atoms with E-state index in [-0.39, 0.29) is 18.6 Å². The van der Waals surface area contributed by atoms with Gasteiger partial charge in [-0.15, -0.1) is 6.42 Å².